The first-order chi connectivity index (χ1) is 3.65. The predicted molar refractivity (Wildman–Crippen MR) is 45.5 cm³/mol. The second kappa shape index (κ2) is 10.6. The minimum absolute atomic E-state index is 0.0278. The summed E-state index contributed by atoms with van der Waals surface area (Å²) < 4.78 is 0. The molecular formula is C4H14N2S2. The van der Waals surface area contributed by atoms with E-state index in [1.807, 2.05) is 6.92 Å². The van der Waals surface area contributed by atoms with E-state index < -0.39 is 0 Å². The van der Waals surface area contributed by atoms with Gasteiger partial charge in [0.2, 0.25) is 0 Å². The molecule has 0 aliphatic rings. The molecule has 0 aliphatic carbocycles. The molecular weight excluding hydrogens is 140 g/mol. The standard InChI is InChI=1S/2C2H7NS/c1-2(3)4;3-1-2-4/h2,4H,3H2,1H3;4H,1-3H2. The van der Waals surface area contributed by atoms with Crippen molar-refractivity contribution in [1.29, 1.82) is 0 Å². The molecule has 4 N–H and O–H groups in total. The van der Waals surface area contributed by atoms with Crippen LogP contribution in [0.3, 0.4) is 0 Å². The molecule has 0 heterocycles. The summed E-state index contributed by atoms with van der Waals surface area (Å²) >= 11 is 7.54. The van der Waals surface area contributed by atoms with E-state index in [2.05, 4.69) is 25.3 Å². The first-order valence-electron chi connectivity index (χ1n) is 2.39. The van der Waals surface area contributed by atoms with Gasteiger partial charge < -0.3 is 11.5 Å². The van der Waals surface area contributed by atoms with Gasteiger partial charge in [-0.05, 0) is 6.92 Å². The van der Waals surface area contributed by atoms with E-state index in [4.69, 9.17) is 11.5 Å². The number of hydrogen-bond donors (Lipinski definition) is 4. The SMILES string of the molecule is CC(N)S.NCCS. The number of hydrogen-bond acceptors (Lipinski definition) is 4. The molecule has 0 saturated carbocycles. The monoisotopic (exact) mass is 154 g/mol. The molecule has 0 spiro atoms. The van der Waals surface area contributed by atoms with Gasteiger partial charge in [0.1, 0.15) is 0 Å². The van der Waals surface area contributed by atoms with Gasteiger partial charge in [-0.1, -0.05) is 0 Å². The van der Waals surface area contributed by atoms with Crippen LogP contribution < -0.4 is 11.5 Å². The fourth-order valence-corrected chi connectivity index (χ4v) is 0. The fourth-order valence-electron chi connectivity index (χ4n) is 0. The molecule has 0 radical (unpaired) electrons. The topological polar surface area (TPSA) is 52.0 Å². The van der Waals surface area contributed by atoms with Crippen molar-refractivity contribution in [3.63, 3.8) is 0 Å². The van der Waals surface area contributed by atoms with Gasteiger partial charge in [-0.25, -0.2) is 0 Å². The van der Waals surface area contributed by atoms with Crippen molar-refractivity contribution in [2.75, 3.05) is 12.3 Å². The lowest BCUT2D eigenvalue weighted by atomic mass is 10.8. The Labute approximate surface area is 61.8 Å². The van der Waals surface area contributed by atoms with E-state index in [1.165, 1.54) is 0 Å². The molecule has 52 valence electrons. The smallest absolute Gasteiger partial charge is 0.0448 e. The summed E-state index contributed by atoms with van der Waals surface area (Å²) in [5, 5.41) is 0.0278. The van der Waals surface area contributed by atoms with Crippen molar-refractivity contribution < 1.29 is 0 Å². The molecule has 0 aromatic heterocycles. The van der Waals surface area contributed by atoms with Gasteiger partial charge in [-0.15, -0.1) is 0 Å². The zero-order valence-electron chi connectivity index (χ0n) is 5.04. The van der Waals surface area contributed by atoms with Crippen LogP contribution in [0.5, 0.6) is 0 Å². The third kappa shape index (κ3) is 79.7. The zero-order chi connectivity index (χ0) is 6.99. The molecule has 1 atom stereocenters. The van der Waals surface area contributed by atoms with Crippen LogP contribution in [-0.4, -0.2) is 17.7 Å². The fraction of sp³-hybridized carbons (Fsp3) is 1.00. The highest BCUT2D eigenvalue weighted by atomic mass is 32.1. The lowest BCUT2D eigenvalue weighted by Gasteiger charge is -1.80. The van der Waals surface area contributed by atoms with Crippen LogP contribution in [0.25, 0.3) is 0 Å². The van der Waals surface area contributed by atoms with Crippen molar-refractivity contribution in [2.24, 2.45) is 11.5 Å². The van der Waals surface area contributed by atoms with Crippen molar-refractivity contribution in [1.82, 2.24) is 0 Å². The quantitative estimate of drug-likeness (QED) is 0.320. The molecule has 0 saturated heterocycles. The molecule has 0 bridgehead atoms. The summed E-state index contributed by atoms with van der Waals surface area (Å²) in [6.45, 7) is 2.49. The summed E-state index contributed by atoms with van der Waals surface area (Å²) in [6, 6.07) is 0. The van der Waals surface area contributed by atoms with Crippen LogP contribution >= 0.6 is 25.3 Å². The van der Waals surface area contributed by atoms with E-state index in [9.17, 15) is 0 Å². The second-order valence-electron chi connectivity index (χ2n) is 1.25. The first kappa shape index (κ1) is 11.4. The molecule has 0 aromatic carbocycles. The number of rotatable bonds is 1. The van der Waals surface area contributed by atoms with Crippen molar-refractivity contribution in [2.45, 2.75) is 12.3 Å². The van der Waals surface area contributed by atoms with E-state index >= 15 is 0 Å². The molecule has 0 aromatic rings. The lowest BCUT2D eigenvalue weighted by Crippen LogP contribution is -2.03. The van der Waals surface area contributed by atoms with E-state index in [1.54, 1.807) is 0 Å². The van der Waals surface area contributed by atoms with E-state index in [0.29, 0.717) is 6.54 Å². The summed E-state index contributed by atoms with van der Waals surface area (Å²) in [4.78, 5) is 0. The van der Waals surface area contributed by atoms with Gasteiger partial charge in [-0.2, -0.15) is 25.3 Å². The minimum Gasteiger partial charge on any atom is -0.330 e. The third-order valence-electron chi connectivity index (χ3n) is 0.129. The highest BCUT2D eigenvalue weighted by molar-refractivity contribution is 7.80. The number of nitrogens with two attached hydrogens (primary N) is 2. The van der Waals surface area contributed by atoms with Crippen molar-refractivity contribution in [3.05, 3.63) is 0 Å². The molecule has 1 unspecified atom stereocenters. The maximum atomic E-state index is 4.98. The average molecular weight is 154 g/mol. The van der Waals surface area contributed by atoms with Crippen molar-refractivity contribution in [3.8, 4) is 0 Å². The van der Waals surface area contributed by atoms with Gasteiger partial charge in [0.05, 0.1) is 0 Å². The zero-order valence-corrected chi connectivity index (χ0v) is 6.83. The van der Waals surface area contributed by atoms with E-state index in [-0.39, 0.29) is 5.37 Å². The average Bonchev–Trinajstić information content (AvgIpc) is 1.65. The largest absolute Gasteiger partial charge is 0.330 e. The van der Waals surface area contributed by atoms with Crippen LogP contribution in [0.15, 0.2) is 0 Å². The molecule has 0 amide bonds. The summed E-state index contributed by atoms with van der Waals surface area (Å²) in [7, 11) is 0. The first-order valence-corrected chi connectivity index (χ1v) is 3.54. The van der Waals surface area contributed by atoms with Gasteiger partial charge in [-0.3, -0.25) is 0 Å². The molecule has 0 fully saturated rings. The summed E-state index contributed by atoms with van der Waals surface area (Å²) in [5.41, 5.74) is 9.93. The minimum atomic E-state index is 0.0278. The molecule has 4 heteroatoms. The maximum absolute atomic E-state index is 4.98. The summed E-state index contributed by atoms with van der Waals surface area (Å²) in [6.07, 6.45) is 0. The predicted octanol–water partition coefficient (Wildman–Crippen LogP) is 0.0958. The Balaban J connectivity index is 0. The maximum Gasteiger partial charge on any atom is 0.0448 e. The highest BCUT2D eigenvalue weighted by Gasteiger charge is 1.68. The van der Waals surface area contributed by atoms with Crippen molar-refractivity contribution >= 4 is 25.3 Å². The third-order valence-corrected chi connectivity index (χ3v) is 0.387. The Bertz CT molecular complexity index is 28.5. The Kier molecular flexibility index (Phi) is 15.1. The Morgan fingerprint density at radius 2 is 1.75 bits per heavy atom. The Morgan fingerprint density at radius 3 is 1.75 bits per heavy atom. The van der Waals surface area contributed by atoms with Gasteiger partial charge >= 0.3 is 0 Å². The molecule has 2 nitrogen and oxygen atoms in total. The number of thiol groups is 2. The van der Waals surface area contributed by atoms with Gasteiger partial charge in [0.25, 0.3) is 0 Å². The van der Waals surface area contributed by atoms with Crippen LogP contribution in [0.1, 0.15) is 6.92 Å². The van der Waals surface area contributed by atoms with Crippen LogP contribution in [0, 0.1) is 0 Å². The lowest BCUT2D eigenvalue weighted by molar-refractivity contribution is 1.06. The van der Waals surface area contributed by atoms with Crippen LogP contribution in [-0.2, 0) is 0 Å². The molecule has 8 heavy (non-hydrogen) atoms. The van der Waals surface area contributed by atoms with E-state index in [0.717, 1.165) is 5.75 Å². The molecule has 0 rings (SSSR count). The Hall–Kier alpha value is 0.620. The molecule has 0 aliphatic heterocycles. The van der Waals surface area contributed by atoms with Gasteiger partial charge in [0.15, 0.2) is 0 Å². The highest BCUT2D eigenvalue weighted by Crippen LogP contribution is 1.72. The normalized spacial score (nSPS) is 11.6. The van der Waals surface area contributed by atoms with Crippen LogP contribution in [0.4, 0.5) is 0 Å². The summed E-state index contributed by atoms with van der Waals surface area (Å²) in [5.74, 6) is 0.792. The Morgan fingerprint density at radius 1 is 1.62 bits per heavy atom. The second-order valence-corrected chi connectivity index (χ2v) is 2.51. The van der Waals surface area contributed by atoms with Crippen LogP contribution in [0.2, 0.25) is 0 Å². The van der Waals surface area contributed by atoms with Gasteiger partial charge in [0, 0.05) is 17.7 Å².